The van der Waals surface area contributed by atoms with Gasteiger partial charge in [0.05, 0.1) is 0 Å². The Morgan fingerprint density at radius 1 is 1.64 bits per heavy atom. The van der Waals surface area contributed by atoms with Gasteiger partial charge in [-0.3, -0.25) is 9.48 Å². The molecule has 0 bridgehead atoms. The molecule has 1 saturated carbocycles. The largest absolute Gasteiger partial charge is 0.364 e. The maximum atomic E-state index is 11.2. The van der Waals surface area contributed by atoms with Crippen molar-refractivity contribution in [2.45, 2.75) is 26.2 Å². The van der Waals surface area contributed by atoms with Crippen molar-refractivity contribution in [3.63, 3.8) is 0 Å². The van der Waals surface area contributed by atoms with Gasteiger partial charge in [-0.2, -0.15) is 5.10 Å². The lowest BCUT2D eigenvalue weighted by Crippen LogP contribution is -2.14. The first-order valence-corrected chi connectivity index (χ1v) is 4.85. The Labute approximate surface area is 83.1 Å². The molecule has 2 rings (SSSR count). The van der Waals surface area contributed by atoms with Crippen molar-refractivity contribution in [1.29, 1.82) is 0 Å². The van der Waals surface area contributed by atoms with E-state index in [2.05, 4.69) is 12.0 Å². The molecule has 1 aliphatic carbocycles. The summed E-state index contributed by atoms with van der Waals surface area (Å²) in [5.74, 6) is 0.741. The summed E-state index contributed by atoms with van der Waals surface area (Å²) < 4.78 is 1.74. The van der Waals surface area contributed by atoms with Gasteiger partial charge >= 0.3 is 0 Å². The zero-order valence-corrected chi connectivity index (χ0v) is 8.74. The second kappa shape index (κ2) is 2.83. The molecular weight excluding hydrogens is 178 g/mol. The van der Waals surface area contributed by atoms with Crippen LogP contribution in [0.15, 0.2) is 0 Å². The van der Waals surface area contributed by atoms with E-state index in [0.717, 1.165) is 17.7 Å². The van der Waals surface area contributed by atoms with E-state index >= 15 is 0 Å². The number of carbonyl (C=O) groups excluding carboxylic acids is 1. The minimum atomic E-state index is -0.414. The van der Waals surface area contributed by atoms with Crippen molar-refractivity contribution >= 4 is 5.91 Å². The van der Waals surface area contributed by atoms with Gasteiger partial charge in [0, 0.05) is 18.3 Å². The van der Waals surface area contributed by atoms with Gasteiger partial charge in [0.15, 0.2) is 5.69 Å². The molecule has 76 valence electrons. The minimum Gasteiger partial charge on any atom is -0.364 e. The first-order chi connectivity index (χ1) is 6.52. The fourth-order valence-corrected chi connectivity index (χ4v) is 1.97. The molecule has 2 N–H and O–H groups in total. The second-order valence-corrected chi connectivity index (χ2v) is 4.16. The zero-order chi connectivity index (χ0) is 10.5. The summed E-state index contributed by atoms with van der Waals surface area (Å²) in [6.07, 6.45) is 1.15. The van der Waals surface area contributed by atoms with Crippen molar-refractivity contribution in [1.82, 2.24) is 9.78 Å². The number of nitrogens with zero attached hydrogens (tertiary/aromatic N) is 2. The third-order valence-electron chi connectivity index (χ3n) is 3.09. The van der Waals surface area contributed by atoms with Crippen molar-refractivity contribution in [2.75, 3.05) is 0 Å². The first kappa shape index (κ1) is 9.24. The van der Waals surface area contributed by atoms with Crippen LogP contribution in [-0.4, -0.2) is 15.7 Å². The number of aromatic nitrogens is 2. The van der Waals surface area contributed by atoms with E-state index in [9.17, 15) is 4.79 Å². The smallest absolute Gasteiger partial charge is 0.269 e. The standard InChI is InChI=1S/C10H15N3O/c1-5-4-7(5)8-6(2)13(3)12-9(8)10(11)14/h5,7H,4H2,1-3H3,(H2,11,14). The Hall–Kier alpha value is -1.32. The zero-order valence-electron chi connectivity index (χ0n) is 8.74. The molecule has 4 heteroatoms. The lowest BCUT2D eigenvalue weighted by Gasteiger charge is -1.98. The number of rotatable bonds is 2. The van der Waals surface area contributed by atoms with Gasteiger partial charge in [-0.25, -0.2) is 0 Å². The van der Waals surface area contributed by atoms with E-state index in [-0.39, 0.29) is 0 Å². The molecule has 0 saturated heterocycles. The van der Waals surface area contributed by atoms with Gasteiger partial charge in [-0.05, 0) is 25.2 Å². The molecule has 2 atom stereocenters. The molecule has 1 aliphatic rings. The summed E-state index contributed by atoms with van der Waals surface area (Å²) in [6, 6.07) is 0. The summed E-state index contributed by atoms with van der Waals surface area (Å²) in [4.78, 5) is 11.2. The summed E-state index contributed by atoms with van der Waals surface area (Å²) in [5.41, 5.74) is 7.88. The van der Waals surface area contributed by atoms with Crippen molar-refractivity contribution < 1.29 is 4.79 Å². The number of primary amides is 1. The number of nitrogens with two attached hydrogens (primary N) is 1. The molecular formula is C10H15N3O. The quantitative estimate of drug-likeness (QED) is 0.760. The molecule has 1 fully saturated rings. The van der Waals surface area contributed by atoms with Crippen molar-refractivity contribution in [2.24, 2.45) is 18.7 Å². The van der Waals surface area contributed by atoms with E-state index in [1.165, 1.54) is 0 Å². The van der Waals surface area contributed by atoms with E-state index in [0.29, 0.717) is 17.5 Å². The highest BCUT2D eigenvalue weighted by Gasteiger charge is 2.39. The van der Waals surface area contributed by atoms with Crippen LogP contribution in [0.4, 0.5) is 0 Å². The monoisotopic (exact) mass is 193 g/mol. The molecule has 0 aliphatic heterocycles. The molecule has 1 aromatic rings. The Morgan fingerprint density at radius 2 is 2.21 bits per heavy atom. The average Bonchev–Trinajstić information content (AvgIpc) is 2.72. The third-order valence-corrected chi connectivity index (χ3v) is 3.09. The predicted molar refractivity (Wildman–Crippen MR) is 53.0 cm³/mol. The molecule has 2 unspecified atom stereocenters. The van der Waals surface area contributed by atoms with Crippen LogP contribution in [0.1, 0.15) is 41.0 Å². The van der Waals surface area contributed by atoms with Gasteiger partial charge in [0.1, 0.15) is 0 Å². The highest BCUT2D eigenvalue weighted by atomic mass is 16.1. The van der Waals surface area contributed by atoms with Gasteiger partial charge in [-0.1, -0.05) is 6.92 Å². The first-order valence-electron chi connectivity index (χ1n) is 4.85. The fraction of sp³-hybridized carbons (Fsp3) is 0.600. The number of hydrogen-bond acceptors (Lipinski definition) is 2. The normalized spacial score (nSPS) is 25.1. The predicted octanol–water partition coefficient (Wildman–Crippen LogP) is 0.951. The van der Waals surface area contributed by atoms with Gasteiger partial charge in [0.25, 0.3) is 5.91 Å². The second-order valence-electron chi connectivity index (χ2n) is 4.16. The number of amides is 1. The lowest BCUT2D eigenvalue weighted by molar-refractivity contribution is 0.0994. The van der Waals surface area contributed by atoms with Gasteiger partial charge in [0.2, 0.25) is 0 Å². The van der Waals surface area contributed by atoms with Crippen LogP contribution in [0.2, 0.25) is 0 Å². The molecule has 0 radical (unpaired) electrons. The van der Waals surface area contributed by atoms with Crippen LogP contribution >= 0.6 is 0 Å². The van der Waals surface area contributed by atoms with Crippen molar-refractivity contribution in [3.8, 4) is 0 Å². The van der Waals surface area contributed by atoms with Crippen LogP contribution in [-0.2, 0) is 7.05 Å². The Balaban J connectivity index is 2.49. The summed E-state index contributed by atoms with van der Waals surface area (Å²) in [7, 11) is 1.85. The maximum Gasteiger partial charge on any atom is 0.269 e. The molecule has 0 aromatic carbocycles. The Kier molecular flexibility index (Phi) is 1.87. The average molecular weight is 193 g/mol. The summed E-state index contributed by atoms with van der Waals surface area (Å²) in [6.45, 7) is 4.17. The fourth-order valence-electron chi connectivity index (χ4n) is 1.97. The molecule has 4 nitrogen and oxygen atoms in total. The summed E-state index contributed by atoms with van der Waals surface area (Å²) in [5, 5.41) is 4.15. The topological polar surface area (TPSA) is 60.9 Å². The summed E-state index contributed by atoms with van der Waals surface area (Å²) >= 11 is 0. The van der Waals surface area contributed by atoms with Crippen LogP contribution in [0.3, 0.4) is 0 Å². The van der Waals surface area contributed by atoms with Crippen LogP contribution < -0.4 is 5.73 Å². The van der Waals surface area contributed by atoms with Crippen molar-refractivity contribution in [3.05, 3.63) is 17.0 Å². The van der Waals surface area contributed by atoms with E-state index in [1.807, 2.05) is 14.0 Å². The van der Waals surface area contributed by atoms with Crippen LogP contribution in [0.25, 0.3) is 0 Å². The molecule has 1 aromatic heterocycles. The number of aryl methyl sites for hydroxylation is 1. The minimum absolute atomic E-state index is 0.414. The molecule has 14 heavy (non-hydrogen) atoms. The maximum absolute atomic E-state index is 11.2. The highest BCUT2D eigenvalue weighted by Crippen LogP contribution is 2.48. The number of carbonyl (C=O) groups is 1. The van der Waals surface area contributed by atoms with Crippen LogP contribution in [0, 0.1) is 12.8 Å². The third kappa shape index (κ3) is 1.22. The van der Waals surface area contributed by atoms with E-state index in [4.69, 9.17) is 5.73 Å². The molecule has 1 heterocycles. The van der Waals surface area contributed by atoms with Gasteiger partial charge in [-0.15, -0.1) is 0 Å². The molecule has 1 amide bonds. The SMILES string of the molecule is Cc1c(C2CC2C)c(C(N)=O)nn1C. The van der Waals surface area contributed by atoms with E-state index < -0.39 is 5.91 Å². The Bertz CT molecular complexity index is 394. The van der Waals surface area contributed by atoms with Crippen LogP contribution in [0.5, 0.6) is 0 Å². The van der Waals surface area contributed by atoms with Gasteiger partial charge < -0.3 is 5.73 Å². The lowest BCUT2D eigenvalue weighted by atomic mass is 10.1. The van der Waals surface area contributed by atoms with E-state index in [1.54, 1.807) is 4.68 Å². The molecule has 0 spiro atoms. The number of hydrogen-bond donors (Lipinski definition) is 1. The Morgan fingerprint density at radius 3 is 2.64 bits per heavy atom. The highest BCUT2D eigenvalue weighted by molar-refractivity contribution is 5.93.